The van der Waals surface area contributed by atoms with Crippen LogP contribution in [-0.2, 0) is 15.0 Å². The summed E-state index contributed by atoms with van der Waals surface area (Å²) in [6, 6.07) is 12.9. The lowest BCUT2D eigenvalue weighted by atomic mass is 9.77. The normalized spacial score (nSPS) is 15.4. The number of nitrogens with one attached hydrogen (secondary N) is 1. The Bertz CT molecular complexity index is 798. The number of carboxylic acids is 1. The monoisotopic (exact) mass is 357 g/mol. The Hall–Kier alpha value is -2.89. The van der Waals surface area contributed by atoms with Crippen LogP contribution < -0.4 is 10.1 Å². The lowest BCUT2D eigenvalue weighted by molar-refractivity contribution is -0.139. The van der Waals surface area contributed by atoms with Crippen LogP contribution in [0.4, 0.5) is 10.1 Å². The van der Waals surface area contributed by atoms with Crippen molar-refractivity contribution in [3.63, 3.8) is 0 Å². The molecule has 0 aliphatic heterocycles. The highest BCUT2D eigenvalue weighted by Crippen LogP contribution is 2.43. The molecule has 5 nitrogen and oxygen atoms in total. The fraction of sp³-hybridized carbons (Fsp3) is 0.300. The number of ether oxygens (including phenoxy) is 1. The number of aliphatic carboxylic acids is 1. The number of rotatable bonds is 6. The van der Waals surface area contributed by atoms with Crippen molar-refractivity contribution < 1.29 is 23.8 Å². The minimum absolute atomic E-state index is 0.223. The number of carbonyl (C=O) groups is 2. The van der Waals surface area contributed by atoms with E-state index in [9.17, 15) is 14.0 Å². The maximum Gasteiger partial charge on any atom is 0.341 e. The van der Waals surface area contributed by atoms with E-state index in [1.807, 2.05) is 0 Å². The van der Waals surface area contributed by atoms with Crippen LogP contribution in [0, 0.1) is 5.82 Å². The average Bonchev–Trinajstić information content (AvgIpc) is 3.12. The van der Waals surface area contributed by atoms with Crippen LogP contribution in [-0.4, -0.2) is 23.6 Å². The van der Waals surface area contributed by atoms with Crippen LogP contribution in [0.1, 0.15) is 31.2 Å². The third-order valence-corrected chi connectivity index (χ3v) is 4.76. The minimum atomic E-state index is -1.06. The molecule has 1 amide bonds. The van der Waals surface area contributed by atoms with E-state index in [0.29, 0.717) is 29.8 Å². The van der Waals surface area contributed by atoms with Crippen LogP contribution in [0.5, 0.6) is 5.75 Å². The topological polar surface area (TPSA) is 75.6 Å². The van der Waals surface area contributed by atoms with Gasteiger partial charge in [0.15, 0.2) is 6.61 Å². The van der Waals surface area contributed by atoms with Gasteiger partial charge in [-0.1, -0.05) is 31.0 Å². The van der Waals surface area contributed by atoms with E-state index in [0.717, 1.165) is 12.8 Å². The standard InChI is InChI=1S/C20H20FNO4/c21-17-6-2-1-5-16(17)20(11-3-4-12-20)19(25)22-14-7-9-15(10-8-14)26-13-18(23)24/h1-2,5-10H,3-4,11-13H2,(H,22,25)(H,23,24). The maximum atomic E-state index is 14.3. The largest absolute Gasteiger partial charge is 0.482 e. The second kappa shape index (κ2) is 7.56. The molecule has 1 aliphatic rings. The average molecular weight is 357 g/mol. The summed E-state index contributed by atoms with van der Waals surface area (Å²) >= 11 is 0. The van der Waals surface area contributed by atoms with Gasteiger partial charge in [-0.05, 0) is 43.2 Å². The Kier molecular flexibility index (Phi) is 5.21. The van der Waals surface area contributed by atoms with Crippen molar-refractivity contribution in [3.8, 4) is 5.75 Å². The highest BCUT2D eigenvalue weighted by atomic mass is 19.1. The highest BCUT2D eigenvalue weighted by molar-refractivity contribution is 5.99. The van der Waals surface area contributed by atoms with Crippen molar-refractivity contribution in [1.29, 1.82) is 0 Å². The van der Waals surface area contributed by atoms with Gasteiger partial charge in [0, 0.05) is 11.3 Å². The van der Waals surface area contributed by atoms with Crippen molar-refractivity contribution in [1.82, 2.24) is 0 Å². The van der Waals surface area contributed by atoms with Gasteiger partial charge in [0.2, 0.25) is 5.91 Å². The van der Waals surface area contributed by atoms with Crippen LogP contribution in [0.15, 0.2) is 48.5 Å². The summed E-state index contributed by atoms with van der Waals surface area (Å²) in [5, 5.41) is 11.5. The van der Waals surface area contributed by atoms with Gasteiger partial charge < -0.3 is 15.2 Å². The summed E-state index contributed by atoms with van der Waals surface area (Å²) in [6.07, 6.45) is 2.98. The number of anilines is 1. The molecule has 0 bridgehead atoms. The zero-order valence-corrected chi connectivity index (χ0v) is 14.2. The van der Waals surface area contributed by atoms with E-state index in [1.54, 1.807) is 42.5 Å². The number of carbonyl (C=O) groups excluding carboxylic acids is 1. The Morgan fingerprint density at radius 3 is 2.35 bits per heavy atom. The first kappa shape index (κ1) is 17.9. The van der Waals surface area contributed by atoms with Gasteiger partial charge in [0.25, 0.3) is 0 Å². The second-order valence-corrected chi connectivity index (χ2v) is 6.43. The quantitative estimate of drug-likeness (QED) is 0.826. The SMILES string of the molecule is O=C(O)COc1ccc(NC(=O)C2(c3ccccc3F)CCCC2)cc1. The molecule has 2 aromatic carbocycles. The molecule has 2 aromatic rings. The number of hydrogen-bond acceptors (Lipinski definition) is 3. The molecule has 0 heterocycles. The molecule has 1 aliphatic carbocycles. The fourth-order valence-electron chi connectivity index (χ4n) is 3.48. The zero-order valence-electron chi connectivity index (χ0n) is 14.2. The summed E-state index contributed by atoms with van der Waals surface area (Å²) in [5.74, 6) is -1.24. The van der Waals surface area contributed by atoms with E-state index < -0.39 is 18.0 Å². The first-order valence-electron chi connectivity index (χ1n) is 8.52. The summed E-state index contributed by atoms with van der Waals surface area (Å²) in [7, 11) is 0. The summed E-state index contributed by atoms with van der Waals surface area (Å²) in [6.45, 7) is -0.428. The summed E-state index contributed by atoms with van der Waals surface area (Å²) in [5.41, 5.74) is 0.140. The second-order valence-electron chi connectivity index (χ2n) is 6.43. The number of carboxylic acid groups (broad SMARTS) is 1. The molecule has 0 radical (unpaired) electrons. The fourth-order valence-corrected chi connectivity index (χ4v) is 3.48. The Balaban J connectivity index is 1.77. The van der Waals surface area contributed by atoms with Crippen molar-refractivity contribution in [2.75, 3.05) is 11.9 Å². The molecule has 26 heavy (non-hydrogen) atoms. The van der Waals surface area contributed by atoms with Crippen molar-refractivity contribution in [2.24, 2.45) is 0 Å². The number of amides is 1. The molecule has 0 atom stereocenters. The van der Waals surface area contributed by atoms with Crippen molar-refractivity contribution >= 4 is 17.6 Å². The van der Waals surface area contributed by atoms with Crippen LogP contribution in [0.2, 0.25) is 0 Å². The molecular weight excluding hydrogens is 337 g/mol. The van der Waals surface area contributed by atoms with Gasteiger partial charge in [-0.2, -0.15) is 0 Å². The van der Waals surface area contributed by atoms with E-state index in [2.05, 4.69) is 5.32 Å². The number of halogens is 1. The first-order chi connectivity index (χ1) is 12.5. The smallest absolute Gasteiger partial charge is 0.341 e. The van der Waals surface area contributed by atoms with E-state index in [-0.39, 0.29) is 11.7 Å². The molecule has 1 fully saturated rings. The zero-order chi connectivity index (χ0) is 18.6. The molecule has 0 aromatic heterocycles. The van der Waals surface area contributed by atoms with Gasteiger partial charge in [0.05, 0.1) is 5.41 Å². The third kappa shape index (κ3) is 3.69. The predicted octanol–water partition coefficient (Wildman–Crippen LogP) is 3.74. The molecule has 0 spiro atoms. The van der Waals surface area contributed by atoms with Gasteiger partial charge in [-0.3, -0.25) is 4.79 Å². The van der Waals surface area contributed by atoms with Crippen LogP contribution in [0.3, 0.4) is 0 Å². The lowest BCUT2D eigenvalue weighted by Gasteiger charge is -2.28. The Morgan fingerprint density at radius 1 is 1.08 bits per heavy atom. The van der Waals surface area contributed by atoms with Crippen LogP contribution >= 0.6 is 0 Å². The third-order valence-electron chi connectivity index (χ3n) is 4.76. The number of benzene rings is 2. The summed E-state index contributed by atoms with van der Waals surface area (Å²) in [4.78, 5) is 23.5. The Morgan fingerprint density at radius 2 is 1.73 bits per heavy atom. The molecule has 0 unspecified atom stereocenters. The maximum absolute atomic E-state index is 14.3. The summed E-state index contributed by atoms with van der Waals surface area (Å²) < 4.78 is 19.4. The number of hydrogen-bond donors (Lipinski definition) is 2. The van der Waals surface area contributed by atoms with Gasteiger partial charge in [-0.25, -0.2) is 9.18 Å². The molecule has 6 heteroatoms. The van der Waals surface area contributed by atoms with Gasteiger partial charge in [-0.15, -0.1) is 0 Å². The molecule has 3 rings (SSSR count). The van der Waals surface area contributed by atoms with Crippen molar-refractivity contribution in [2.45, 2.75) is 31.1 Å². The molecule has 0 saturated heterocycles. The molecule has 2 N–H and O–H groups in total. The van der Waals surface area contributed by atoms with Gasteiger partial charge >= 0.3 is 5.97 Å². The van der Waals surface area contributed by atoms with Crippen LogP contribution in [0.25, 0.3) is 0 Å². The Labute approximate surface area is 150 Å². The van der Waals surface area contributed by atoms with E-state index in [4.69, 9.17) is 9.84 Å². The highest BCUT2D eigenvalue weighted by Gasteiger charge is 2.44. The molecule has 136 valence electrons. The molecular formula is C20H20FNO4. The van der Waals surface area contributed by atoms with E-state index in [1.165, 1.54) is 6.07 Å². The van der Waals surface area contributed by atoms with Crippen molar-refractivity contribution in [3.05, 3.63) is 59.9 Å². The van der Waals surface area contributed by atoms with Gasteiger partial charge in [0.1, 0.15) is 11.6 Å². The predicted molar refractivity (Wildman–Crippen MR) is 94.7 cm³/mol. The molecule has 1 saturated carbocycles. The lowest BCUT2D eigenvalue weighted by Crippen LogP contribution is -2.38. The van der Waals surface area contributed by atoms with E-state index >= 15 is 0 Å². The first-order valence-corrected chi connectivity index (χ1v) is 8.52. The minimum Gasteiger partial charge on any atom is -0.482 e.